The minimum atomic E-state index is -0.184. The Kier molecular flexibility index (Phi) is 4.62. The number of esters is 1. The Bertz CT molecular complexity index is 379. The van der Waals surface area contributed by atoms with Gasteiger partial charge < -0.3 is 10.5 Å². The van der Waals surface area contributed by atoms with Crippen LogP contribution in [0.2, 0.25) is 5.02 Å². The van der Waals surface area contributed by atoms with Crippen molar-refractivity contribution in [3.8, 4) is 0 Å². The first-order chi connectivity index (χ1) is 7.54. The first-order valence-corrected chi connectivity index (χ1v) is 5.63. The maximum absolute atomic E-state index is 11.4. The summed E-state index contributed by atoms with van der Waals surface area (Å²) in [5, 5.41) is 0.535. The minimum Gasteiger partial charge on any atom is -0.466 e. The van der Waals surface area contributed by atoms with E-state index in [9.17, 15) is 4.79 Å². The van der Waals surface area contributed by atoms with Crippen LogP contribution in [0.3, 0.4) is 0 Å². The van der Waals surface area contributed by atoms with Crippen LogP contribution in [-0.2, 0) is 16.0 Å². The van der Waals surface area contributed by atoms with Crippen LogP contribution in [0.4, 0.5) is 5.69 Å². The number of rotatable bonds is 4. The summed E-state index contributed by atoms with van der Waals surface area (Å²) in [6, 6.07) is 5.40. The van der Waals surface area contributed by atoms with Gasteiger partial charge in [-0.2, -0.15) is 0 Å². The van der Waals surface area contributed by atoms with Gasteiger partial charge in [0.1, 0.15) is 0 Å². The highest BCUT2D eigenvalue weighted by atomic mass is 35.5. The van der Waals surface area contributed by atoms with Crippen molar-refractivity contribution in [1.29, 1.82) is 0 Å². The predicted octanol–water partition coefficient (Wildman–Crippen LogP) is 2.66. The lowest BCUT2D eigenvalue weighted by atomic mass is 10.0. The molecule has 1 aromatic carbocycles. The van der Waals surface area contributed by atoms with Gasteiger partial charge in [0.2, 0.25) is 0 Å². The van der Waals surface area contributed by atoms with Crippen LogP contribution >= 0.6 is 11.6 Å². The number of nitrogen functional groups attached to an aromatic ring is 1. The van der Waals surface area contributed by atoms with Gasteiger partial charge in [0.15, 0.2) is 0 Å². The fourth-order valence-electron chi connectivity index (χ4n) is 1.44. The van der Waals surface area contributed by atoms with Gasteiger partial charge in [-0.15, -0.1) is 0 Å². The van der Waals surface area contributed by atoms with Crippen molar-refractivity contribution in [2.24, 2.45) is 5.92 Å². The van der Waals surface area contributed by atoms with Gasteiger partial charge in [0.05, 0.1) is 23.2 Å². The Balaban J connectivity index is 2.66. The SMILES string of the molecule is CCOC(=O)[C@H](C)Cc1ccc(Cl)c(N)c1. The quantitative estimate of drug-likeness (QED) is 0.651. The fraction of sp³-hybridized carbons (Fsp3) is 0.417. The van der Waals surface area contributed by atoms with E-state index in [4.69, 9.17) is 22.1 Å². The second-order valence-electron chi connectivity index (χ2n) is 3.71. The topological polar surface area (TPSA) is 52.3 Å². The summed E-state index contributed by atoms with van der Waals surface area (Å²) in [5.41, 5.74) is 7.21. The Morgan fingerprint density at radius 3 is 2.81 bits per heavy atom. The average molecular weight is 242 g/mol. The summed E-state index contributed by atoms with van der Waals surface area (Å²) >= 11 is 5.81. The molecule has 0 fully saturated rings. The lowest BCUT2D eigenvalue weighted by Crippen LogP contribution is -2.16. The predicted molar refractivity (Wildman–Crippen MR) is 65.4 cm³/mol. The van der Waals surface area contributed by atoms with Crippen molar-refractivity contribution < 1.29 is 9.53 Å². The number of anilines is 1. The standard InChI is InChI=1S/C12H16ClNO2/c1-3-16-12(15)8(2)6-9-4-5-10(13)11(14)7-9/h4-5,7-8H,3,6,14H2,1-2H3/t8-/m1/s1. The third-order valence-corrected chi connectivity index (χ3v) is 2.64. The normalized spacial score (nSPS) is 12.2. The van der Waals surface area contributed by atoms with E-state index >= 15 is 0 Å². The molecule has 3 nitrogen and oxygen atoms in total. The maximum Gasteiger partial charge on any atom is 0.308 e. The molecule has 0 heterocycles. The van der Waals surface area contributed by atoms with Crippen LogP contribution in [0, 0.1) is 5.92 Å². The summed E-state index contributed by atoms with van der Waals surface area (Å²) in [6.07, 6.45) is 0.611. The highest BCUT2D eigenvalue weighted by Crippen LogP contribution is 2.21. The van der Waals surface area contributed by atoms with E-state index in [1.54, 1.807) is 19.1 Å². The number of carbonyl (C=O) groups is 1. The Morgan fingerprint density at radius 1 is 1.56 bits per heavy atom. The molecule has 1 rings (SSSR count). The first-order valence-electron chi connectivity index (χ1n) is 5.25. The van der Waals surface area contributed by atoms with E-state index in [0.29, 0.717) is 23.7 Å². The molecule has 2 N–H and O–H groups in total. The van der Waals surface area contributed by atoms with E-state index in [1.165, 1.54) is 0 Å². The van der Waals surface area contributed by atoms with Crippen LogP contribution < -0.4 is 5.73 Å². The van der Waals surface area contributed by atoms with E-state index in [1.807, 2.05) is 13.0 Å². The smallest absolute Gasteiger partial charge is 0.308 e. The average Bonchev–Trinajstić information content (AvgIpc) is 2.24. The monoisotopic (exact) mass is 241 g/mol. The van der Waals surface area contributed by atoms with E-state index < -0.39 is 0 Å². The van der Waals surface area contributed by atoms with E-state index in [2.05, 4.69) is 0 Å². The molecule has 0 unspecified atom stereocenters. The van der Waals surface area contributed by atoms with Crippen LogP contribution in [0.15, 0.2) is 18.2 Å². The zero-order chi connectivity index (χ0) is 12.1. The molecule has 0 amide bonds. The molecular formula is C12H16ClNO2. The molecule has 1 aromatic rings. The molecule has 16 heavy (non-hydrogen) atoms. The second-order valence-corrected chi connectivity index (χ2v) is 4.12. The van der Waals surface area contributed by atoms with Gasteiger partial charge in [-0.05, 0) is 31.0 Å². The van der Waals surface area contributed by atoms with E-state index in [0.717, 1.165) is 5.56 Å². The Morgan fingerprint density at radius 2 is 2.25 bits per heavy atom. The number of hydrogen-bond donors (Lipinski definition) is 1. The number of ether oxygens (including phenoxy) is 1. The summed E-state index contributed by atoms with van der Waals surface area (Å²) in [6.45, 7) is 4.04. The molecule has 0 aliphatic carbocycles. The maximum atomic E-state index is 11.4. The van der Waals surface area contributed by atoms with Crippen molar-refractivity contribution >= 4 is 23.3 Å². The van der Waals surface area contributed by atoms with Crippen LogP contribution in [0.5, 0.6) is 0 Å². The van der Waals surface area contributed by atoms with Gasteiger partial charge in [0.25, 0.3) is 0 Å². The first kappa shape index (κ1) is 12.8. The molecular weight excluding hydrogens is 226 g/mol. The highest BCUT2D eigenvalue weighted by molar-refractivity contribution is 6.33. The molecule has 0 saturated heterocycles. The van der Waals surface area contributed by atoms with Crippen LogP contribution in [-0.4, -0.2) is 12.6 Å². The van der Waals surface area contributed by atoms with Crippen molar-refractivity contribution in [1.82, 2.24) is 0 Å². The number of carbonyl (C=O) groups excluding carboxylic acids is 1. The van der Waals surface area contributed by atoms with Gasteiger partial charge in [0, 0.05) is 0 Å². The minimum absolute atomic E-state index is 0.166. The summed E-state index contributed by atoms with van der Waals surface area (Å²) in [4.78, 5) is 11.4. The summed E-state index contributed by atoms with van der Waals surface area (Å²) < 4.78 is 4.93. The number of nitrogens with two attached hydrogens (primary N) is 1. The van der Waals surface area contributed by atoms with Gasteiger partial charge in [-0.3, -0.25) is 4.79 Å². The fourth-order valence-corrected chi connectivity index (χ4v) is 1.56. The largest absolute Gasteiger partial charge is 0.466 e. The molecule has 0 saturated carbocycles. The second kappa shape index (κ2) is 5.75. The molecule has 0 spiro atoms. The van der Waals surface area contributed by atoms with Gasteiger partial charge >= 0.3 is 5.97 Å². The molecule has 0 aliphatic rings. The Labute approximate surface area is 101 Å². The summed E-state index contributed by atoms with van der Waals surface area (Å²) in [7, 11) is 0. The zero-order valence-electron chi connectivity index (χ0n) is 9.50. The zero-order valence-corrected chi connectivity index (χ0v) is 10.3. The molecule has 4 heteroatoms. The van der Waals surface area contributed by atoms with Crippen molar-refractivity contribution in [3.05, 3.63) is 28.8 Å². The van der Waals surface area contributed by atoms with Gasteiger partial charge in [-0.25, -0.2) is 0 Å². The highest BCUT2D eigenvalue weighted by Gasteiger charge is 2.14. The lowest BCUT2D eigenvalue weighted by Gasteiger charge is -2.11. The molecule has 0 radical (unpaired) electrons. The molecule has 1 atom stereocenters. The lowest BCUT2D eigenvalue weighted by molar-refractivity contribution is -0.147. The molecule has 0 bridgehead atoms. The number of hydrogen-bond acceptors (Lipinski definition) is 3. The number of halogens is 1. The van der Waals surface area contributed by atoms with Crippen LogP contribution in [0.25, 0.3) is 0 Å². The number of benzene rings is 1. The van der Waals surface area contributed by atoms with Crippen molar-refractivity contribution in [2.45, 2.75) is 20.3 Å². The van der Waals surface area contributed by atoms with Crippen molar-refractivity contribution in [3.63, 3.8) is 0 Å². The molecule has 88 valence electrons. The third kappa shape index (κ3) is 3.42. The summed E-state index contributed by atoms with van der Waals surface area (Å²) in [5.74, 6) is -0.350. The van der Waals surface area contributed by atoms with Gasteiger partial charge in [-0.1, -0.05) is 24.6 Å². The third-order valence-electron chi connectivity index (χ3n) is 2.29. The van der Waals surface area contributed by atoms with E-state index in [-0.39, 0.29) is 11.9 Å². The van der Waals surface area contributed by atoms with Crippen molar-refractivity contribution in [2.75, 3.05) is 12.3 Å². The van der Waals surface area contributed by atoms with Crippen LogP contribution in [0.1, 0.15) is 19.4 Å². The Hall–Kier alpha value is -1.22. The molecule has 0 aromatic heterocycles. The molecule has 0 aliphatic heterocycles.